The molecule has 0 amide bonds. The maximum atomic E-state index is 4.39. The molecule has 0 atom stereocenters. The summed E-state index contributed by atoms with van der Waals surface area (Å²) in [6.07, 6.45) is 6.93. The zero-order chi connectivity index (χ0) is 13.8. The Labute approximate surface area is 117 Å². The standard InChI is InChI=1S/C19H24/c1-5-9-16(6-2)19(17-12-13-17)15(4)18-11-8-7-10-14(18)3/h6-8,10-11,17H,2,4-5,9,12-13H2,1,3H3/b19-16-. The van der Waals surface area contributed by atoms with Crippen LogP contribution < -0.4 is 0 Å². The van der Waals surface area contributed by atoms with Crippen LogP contribution >= 0.6 is 0 Å². The molecule has 2 rings (SSSR count). The fourth-order valence-electron chi connectivity index (χ4n) is 2.75. The second kappa shape index (κ2) is 6.06. The fraction of sp³-hybridized carbons (Fsp3) is 0.368. The summed E-state index contributed by atoms with van der Waals surface area (Å²) in [6.45, 7) is 12.8. The monoisotopic (exact) mass is 252 g/mol. The topological polar surface area (TPSA) is 0 Å². The van der Waals surface area contributed by atoms with Crippen molar-refractivity contribution in [1.29, 1.82) is 0 Å². The van der Waals surface area contributed by atoms with Gasteiger partial charge in [0.1, 0.15) is 0 Å². The Bertz CT molecular complexity index is 513. The van der Waals surface area contributed by atoms with Crippen LogP contribution in [0.3, 0.4) is 0 Å². The van der Waals surface area contributed by atoms with Crippen molar-refractivity contribution in [2.24, 2.45) is 5.92 Å². The van der Waals surface area contributed by atoms with E-state index in [0.717, 1.165) is 6.42 Å². The van der Waals surface area contributed by atoms with Crippen molar-refractivity contribution in [3.05, 3.63) is 65.8 Å². The van der Waals surface area contributed by atoms with Gasteiger partial charge in [0.05, 0.1) is 0 Å². The third-order valence-corrected chi connectivity index (χ3v) is 3.89. The number of allylic oxidation sites excluding steroid dienone is 4. The van der Waals surface area contributed by atoms with E-state index < -0.39 is 0 Å². The van der Waals surface area contributed by atoms with E-state index in [1.807, 2.05) is 6.08 Å². The molecule has 1 aromatic carbocycles. The summed E-state index contributed by atoms with van der Waals surface area (Å²) in [4.78, 5) is 0. The maximum Gasteiger partial charge on any atom is -0.0153 e. The first kappa shape index (κ1) is 13.9. The molecular formula is C19H24. The van der Waals surface area contributed by atoms with E-state index in [-0.39, 0.29) is 0 Å². The van der Waals surface area contributed by atoms with Gasteiger partial charge >= 0.3 is 0 Å². The normalized spacial score (nSPS) is 15.9. The molecule has 1 aliphatic rings. The number of rotatable bonds is 6. The summed E-state index contributed by atoms with van der Waals surface area (Å²) in [7, 11) is 0. The van der Waals surface area contributed by atoms with Gasteiger partial charge < -0.3 is 0 Å². The number of hydrogen-bond donors (Lipinski definition) is 0. The van der Waals surface area contributed by atoms with Gasteiger partial charge in [0.2, 0.25) is 0 Å². The first-order valence-corrected chi connectivity index (χ1v) is 7.29. The zero-order valence-electron chi connectivity index (χ0n) is 12.2. The molecule has 0 saturated heterocycles. The van der Waals surface area contributed by atoms with E-state index in [1.54, 1.807) is 0 Å². The van der Waals surface area contributed by atoms with Crippen molar-refractivity contribution in [3.8, 4) is 0 Å². The highest BCUT2D eigenvalue weighted by molar-refractivity contribution is 5.81. The average molecular weight is 252 g/mol. The molecule has 1 aliphatic carbocycles. The SMILES string of the molecule is C=C/C(CCC)=C(\C(=C)c1ccccc1C)C1CC1. The molecule has 0 radical (unpaired) electrons. The number of benzene rings is 1. The van der Waals surface area contributed by atoms with Crippen LogP contribution in [0.1, 0.15) is 43.7 Å². The minimum Gasteiger partial charge on any atom is -0.0988 e. The van der Waals surface area contributed by atoms with Crippen molar-refractivity contribution < 1.29 is 0 Å². The lowest BCUT2D eigenvalue weighted by atomic mass is 9.88. The predicted octanol–water partition coefficient (Wildman–Crippen LogP) is 5.70. The van der Waals surface area contributed by atoms with Crippen LogP contribution in [-0.2, 0) is 0 Å². The van der Waals surface area contributed by atoms with Gasteiger partial charge in [-0.15, -0.1) is 0 Å². The van der Waals surface area contributed by atoms with Crippen LogP contribution in [0.15, 0.2) is 54.6 Å². The molecule has 0 heterocycles. The minimum atomic E-state index is 0.714. The molecule has 0 nitrogen and oxygen atoms in total. The molecule has 0 bridgehead atoms. The highest BCUT2D eigenvalue weighted by Crippen LogP contribution is 2.45. The van der Waals surface area contributed by atoms with Crippen molar-refractivity contribution in [2.75, 3.05) is 0 Å². The van der Waals surface area contributed by atoms with Gasteiger partial charge in [0.25, 0.3) is 0 Å². The van der Waals surface area contributed by atoms with Gasteiger partial charge in [0, 0.05) is 0 Å². The molecule has 1 aromatic rings. The van der Waals surface area contributed by atoms with Crippen LogP contribution in [0.4, 0.5) is 0 Å². The Morgan fingerprint density at radius 3 is 2.53 bits per heavy atom. The van der Waals surface area contributed by atoms with E-state index in [2.05, 4.69) is 51.3 Å². The lowest BCUT2D eigenvalue weighted by Crippen LogP contribution is -1.98. The van der Waals surface area contributed by atoms with Crippen LogP contribution in [0.5, 0.6) is 0 Å². The minimum absolute atomic E-state index is 0.714. The Morgan fingerprint density at radius 2 is 2.00 bits per heavy atom. The predicted molar refractivity (Wildman–Crippen MR) is 85.1 cm³/mol. The highest BCUT2D eigenvalue weighted by Gasteiger charge is 2.29. The van der Waals surface area contributed by atoms with Crippen molar-refractivity contribution in [2.45, 2.75) is 39.5 Å². The summed E-state index contributed by atoms with van der Waals surface area (Å²) in [5.74, 6) is 0.714. The summed E-state index contributed by atoms with van der Waals surface area (Å²) in [5.41, 5.74) is 6.68. The van der Waals surface area contributed by atoms with Gasteiger partial charge in [-0.25, -0.2) is 0 Å². The van der Waals surface area contributed by atoms with E-state index in [9.17, 15) is 0 Å². The van der Waals surface area contributed by atoms with Crippen LogP contribution in [0.25, 0.3) is 5.57 Å². The third kappa shape index (κ3) is 3.07. The Hall–Kier alpha value is -1.56. The summed E-state index contributed by atoms with van der Waals surface area (Å²) in [6, 6.07) is 8.55. The lowest BCUT2D eigenvalue weighted by Gasteiger charge is -2.17. The molecule has 0 unspecified atom stereocenters. The van der Waals surface area contributed by atoms with Gasteiger partial charge in [-0.2, -0.15) is 0 Å². The van der Waals surface area contributed by atoms with Crippen LogP contribution in [0, 0.1) is 12.8 Å². The lowest BCUT2D eigenvalue weighted by molar-refractivity contribution is 0.895. The molecule has 1 fully saturated rings. The summed E-state index contributed by atoms with van der Waals surface area (Å²) < 4.78 is 0. The number of aryl methyl sites for hydroxylation is 1. The third-order valence-electron chi connectivity index (χ3n) is 3.89. The molecule has 1 saturated carbocycles. The van der Waals surface area contributed by atoms with Gasteiger partial charge in [-0.05, 0) is 60.0 Å². The molecule has 0 spiro atoms. The molecule has 100 valence electrons. The Kier molecular flexibility index (Phi) is 4.42. The van der Waals surface area contributed by atoms with E-state index in [1.165, 1.54) is 47.1 Å². The van der Waals surface area contributed by atoms with E-state index >= 15 is 0 Å². The van der Waals surface area contributed by atoms with Crippen molar-refractivity contribution >= 4 is 5.57 Å². The Morgan fingerprint density at radius 1 is 1.32 bits per heavy atom. The molecule has 0 N–H and O–H groups in total. The maximum absolute atomic E-state index is 4.39. The van der Waals surface area contributed by atoms with E-state index in [0.29, 0.717) is 5.92 Å². The molecule has 0 aromatic heterocycles. The quantitative estimate of drug-likeness (QED) is 0.570. The highest BCUT2D eigenvalue weighted by atomic mass is 14.3. The van der Waals surface area contributed by atoms with Crippen LogP contribution in [0.2, 0.25) is 0 Å². The average Bonchev–Trinajstić information content (AvgIpc) is 3.23. The van der Waals surface area contributed by atoms with Crippen molar-refractivity contribution in [3.63, 3.8) is 0 Å². The smallest absolute Gasteiger partial charge is 0.0153 e. The second-order valence-electron chi connectivity index (χ2n) is 5.46. The second-order valence-corrected chi connectivity index (χ2v) is 5.46. The molecular weight excluding hydrogens is 228 g/mol. The van der Waals surface area contributed by atoms with Crippen molar-refractivity contribution in [1.82, 2.24) is 0 Å². The first-order chi connectivity index (χ1) is 9.19. The summed E-state index contributed by atoms with van der Waals surface area (Å²) in [5, 5.41) is 0. The molecule has 0 aliphatic heterocycles. The largest absolute Gasteiger partial charge is 0.0988 e. The van der Waals surface area contributed by atoms with Crippen LogP contribution in [-0.4, -0.2) is 0 Å². The van der Waals surface area contributed by atoms with Gasteiger partial charge in [-0.1, -0.05) is 56.8 Å². The zero-order valence-corrected chi connectivity index (χ0v) is 12.2. The van der Waals surface area contributed by atoms with E-state index in [4.69, 9.17) is 0 Å². The Balaban J connectivity index is 2.42. The molecule has 0 heteroatoms. The fourth-order valence-corrected chi connectivity index (χ4v) is 2.75. The van der Waals surface area contributed by atoms with Gasteiger partial charge in [-0.3, -0.25) is 0 Å². The summed E-state index contributed by atoms with van der Waals surface area (Å²) >= 11 is 0. The number of hydrogen-bond acceptors (Lipinski definition) is 0. The van der Waals surface area contributed by atoms with Gasteiger partial charge in [0.15, 0.2) is 0 Å². The first-order valence-electron chi connectivity index (χ1n) is 7.29. The molecule has 19 heavy (non-hydrogen) atoms.